The van der Waals surface area contributed by atoms with Crippen molar-refractivity contribution in [3.05, 3.63) is 70.0 Å². The van der Waals surface area contributed by atoms with Crippen LogP contribution in [0.15, 0.2) is 58.9 Å². The Morgan fingerprint density at radius 2 is 1.88 bits per heavy atom. The number of aromatic nitrogens is 1. The van der Waals surface area contributed by atoms with E-state index in [1.54, 1.807) is 13.1 Å². The zero-order valence-electron chi connectivity index (χ0n) is 19.3. The fourth-order valence-corrected chi connectivity index (χ4v) is 7.09. The fraction of sp³-hybridized carbons (Fsp3) is 0.360. The molecular weight excluding hydrogens is 490 g/mol. The third kappa shape index (κ3) is 4.77. The van der Waals surface area contributed by atoms with E-state index in [9.17, 15) is 13.2 Å². The second kappa shape index (κ2) is 10.2. The van der Waals surface area contributed by atoms with Crippen LogP contribution in [0.1, 0.15) is 48.0 Å². The van der Waals surface area contributed by atoms with Gasteiger partial charge in [-0.3, -0.25) is 4.79 Å². The lowest BCUT2D eigenvalue weighted by atomic mass is 9.96. The molecule has 180 valence electrons. The quantitative estimate of drug-likeness (QED) is 0.403. The normalized spacial score (nSPS) is 15.8. The number of carbonyl (C=O) groups is 1. The van der Waals surface area contributed by atoms with Gasteiger partial charge in [-0.05, 0) is 61.7 Å². The SMILES string of the molecule is C=CCn1c(=NC(=O)c2ccc(S(=O)(=O)N(C)C3CCCCC3)cc2)sc2ccc(Cl)c(C)c21. The van der Waals surface area contributed by atoms with Crippen LogP contribution < -0.4 is 4.80 Å². The van der Waals surface area contributed by atoms with Crippen molar-refractivity contribution in [3.63, 3.8) is 0 Å². The number of benzene rings is 2. The smallest absolute Gasteiger partial charge is 0.279 e. The zero-order chi connectivity index (χ0) is 24.5. The molecule has 0 N–H and O–H groups in total. The highest BCUT2D eigenvalue weighted by molar-refractivity contribution is 7.89. The maximum absolute atomic E-state index is 13.1. The van der Waals surface area contributed by atoms with Crippen molar-refractivity contribution in [1.82, 2.24) is 8.87 Å². The molecule has 1 heterocycles. The number of rotatable bonds is 6. The van der Waals surface area contributed by atoms with Gasteiger partial charge in [0.1, 0.15) is 0 Å². The van der Waals surface area contributed by atoms with Crippen LogP contribution in [0, 0.1) is 6.92 Å². The first-order valence-electron chi connectivity index (χ1n) is 11.3. The summed E-state index contributed by atoms with van der Waals surface area (Å²) in [7, 11) is -1.97. The molecule has 0 spiro atoms. The van der Waals surface area contributed by atoms with Crippen LogP contribution in [0.5, 0.6) is 0 Å². The number of carbonyl (C=O) groups excluding carboxylic acids is 1. The van der Waals surface area contributed by atoms with Crippen molar-refractivity contribution in [2.75, 3.05) is 7.05 Å². The molecule has 1 aliphatic rings. The molecule has 0 bridgehead atoms. The highest BCUT2D eigenvalue weighted by Gasteiger charge is 2.29. The minimum absolute atomic E-state index is 0.0280. The van der Waals surface area contributed by atoms with Gasteiger partial charge >= 0.3 is 0 Å². The summed E-state index contributed by atoms with van der Waals surface area (Å²) in [5.74, 6) is -0.433. The summed E-state index contributed by atoms with van der Waals surface area (Å²) in [6.45, 7) is 6.24. The monoisotopic (exact) mass is 517 g/mol. The fourth-order valence-electron chi connectivity index (χ4n) is 4.43. The summed E-state index contributed by atoms with van der Waals surface area (Å²) >= 11 is 7.71. The molecule has 1 aliphatic carbocycles. The van der Waals surface area contributed by atoms with Gasteiger partial charge < -0.3 is 4.57 Å². The number of thiazole rings is 1. The molecule has 0 unspecified atom stereocenters. The predicted octanol–water partition coefficient (Wildman–Crippen LogP) is 5.54. The lowest BCUT2D eigenvalue weighted by Crippen LogP contribution is -2.38. The summed E-state index contributed by atoms with van der Waals surface area (Å²) in [6.07, 6.45) is 6.78. The first-order valence-corrected chi connectivity index (χ1v) is 13.9. The van der Waals surface area contributed by atoms with Gasteiger partial charge in [-0.25, -0.2) is 8.42 Å². The average molecular weight is 518 g/mol. The van der Waals surface area contributed by atoms with E-state index >= 15 is 0 Å². The number of hydrogen-bond acceptors (Lipinski definition) is 4. The van der Waals surface area contributed by atoms with Crippen LogP contribution in [0.3, 0.4) is 0 Å². The number of amides is 1. The molecular formula is C25H28ClN3O3S2. The minimum atomic E-state index is -3.61. The molecule has 0 radical (unpaired) electrons. The van der Waals surface area contributed by atoms with Crippen LogP contribution in [-0.4, -0.2) is 36.3 Å². The molecule has 1 amide bonds. The molecule has 3 aromatic rings. The van der Waals surface area contributed by atoms with Gasteiger partial charge in [0.2, 0.25) is 10.0 Å². The van der Waals surface area contributed by atoms with Crippen LogP contribution in [0.2, 0.25) is 5.02 Å². The molecule has 34 heavy (non-hydrogen) atoms. The van der Waals surface area contributed by atoms with Crippen LogP contribution >= 0.6 is 22.9 Å². The number of halogens is 1. The van der Waals surface area contributed by atoms with Crippen molar-refractivity contribution >= 4 is 49.1 Å². The van der Waals surface area contributed by atoms with Crippen molar-refractivity contribution in [3.8, 4) is 0 Å². The minimum Gasteiger partial charge on any atom is -0.312 e. The van der Waals surface area contributed by atoms with Gasteiger partial charge in [-0.1, -0.05) is 48.3 Å². The van der Waals surface area contributed by atoms with Gasteiger partial charge in [0.25, 0.3) is 5.91 Å². The van der Waals surface area contributed by atoms with Gasteiger partial charge in [-0.2, -0.15) is 9.30 Å². The van der Waals surface area contributed by atoms with E-state index in [0.717, 1.165) is 47.9 Å². The number of sulfonamides is 1. The number of fused-ring (bicyclic) bond motifs is 1. The second-order valence-corrected chi connectivity index (χ2v) is 12.0. The number of aryl methyl sites for hydroxylation is 1. The standard InChI is InChI=1S/C25H28ClN3O3S2/c1-4-16-29-23-17(2)21(26)14-15-22(23)33-25(29)27-24(30)18-10-12-20(13-11-18)34(31,32)28(3)19-8-6-5-7-9-19/h4,10-15,19H,1,5-9,16H2,2-3H3. The van der Waals surface area contributed by atoms with E-state index in [2.05, 4.69) is 11.6 Å². The number of allylic oxidation sites excluding steroid dienone is 1. The Hall–Kier alpha value is -2.26. The summed E-state index contributed by atoms with van der Waals surface area (Å²) in [6, 6.07) is 9.82. The molecule has 1 fully saturated rings. The molecule has 0 atom stereocenters. The molecule has 1 aromatic heterocycles. The van der Waals surface area contributed by atoms with E-state index in [1.807, 2.05) is 23.6 Å². The van der Waals surface area contributed by atoms with E-state index in [4.69, 9.17) is 11.6 Å². The third-order valence-corrected chi connectivity index (χ3v) is 9.78. The van der Waals surface area contributed by atoms with E-state index in [1.165, 1.54) is 39.9 Å². The van der Waals surface area contributed by atoms with Crippen LogP contribution in [0.4, 0.5) is 0 Å². The Labute approximate surface area is 209 Å². The summed E-state index contributed by atoms with van der Waals surface area (Å²) in [5, 5.41) is 0.649. The summed E-state index contributed by atoms with van der Waals surface area (Å²) in [4.78, 5) is 18.0. The molecule has 0 aliphatic heterocycles. The summed E-state index contributed by atoms with van der Waals surface area (Å²) < 4.78 is 30.5. The molecule has 4 rings (SSSR count). The Bertz CT molecular complexity index is 1400. The lowest BCUT2D eigenvalue weighted by Gasteiger charge is -2.30. The van der Waals surface area contributed by atoms with Crippen LogP contribution in [-0.2, 0) is 16.6 Å². The van der Waals surface area contributed by atoms with Gasteiger partial charge in [0.15, 0.2) is 4.80 Å². The van der Waals surface area contributed by atoms with Crippen LogP contribution in [0.25, 0.3) is 10.2 Å². The Morgan fingerprint density at radius 1 is 1.21 bits per heavy atom. The molecule has 6 nitrogen and oxygen atoms in total. The van der Waals surface area contributed by atoms with Crippen molar-refractivity contribution in [1.29, 1.82) is 0 Å². The van der Waals surface area contributed by atoms with Gasteiger partial charge in [0.05, 0.1) is 15.1 Å². The predicted molar refractivity (Wildman–Crippen MR) is 138 cm³/mol. The number of hydrogen-bond donors (Lipinski definition) is 0. The highest BCUT2D eigenvalue weighted by atomic mass is 35.5. The average Bonchev–Trinajstić information content (AvgIpc) is 3.19. The van der Waals surface area contributed by atoms with E-state index < -0.39 is 15.9 Å². The van der Waals surface area contributed by atoms with Gasteiger partial charge in [0, 0.05) is 30.2 Å². The Morgan fingerprint density at radius 3 is 2.53 bits per heavy atom. The first kappa shape index (κ1) is 24.9. The van der Waals surface area contributed by atoms with E-state index in [0.29, 0.717) is 21.9 Å². The lowest BCUT2D eigenvalue weighted by molar-refractivity contribution is 0.0997. The first-order chi connectivity index (χ1) is 16.2. The molecule has 0 saturated heterocycles. The summed E-state index contributed by atoms with van der Waals surface area (Å²) in [5.41, 5.74) is 2.18. The van der Waals surface area contributed by atoms with Crippen molar-refractivity contribution in [2.45, 2.75) is 56.5 Å². The second-order valence-electron chi connectivity index (χ2n) is 8.56. The van der Waals surface area contributed by atoms with Gasteiger partial charge in [-0.15, -0.1) is 6.58 Å². The Kier molecular flexibility index (Phi) is 7.42. The Balaban J connectivity index is 1.65. The maximum atomic E-state index is 13.1. The molecule has 9 heteroatoms. The zero-order valence-corrected chi connectivity index (χ0v) is 21.7. The van der Waals surface area contributed by atoms with E-state index in [-0.39, 0.29) is 10.9 Å². The van der Waals surface area contributed by atoms with Crippen molar-refractivity contribution in [2.24, 2.45) is 4.99 Å². The topological polar surface area (TPSA) is 71.7 Å². The largest absolute Gasteiger partial charge is 0.312 e. The van der Waals surface area contributed by atoms with Crippen molar-refractivity contribution < 1.29 is 13.2 Å². The highest BCUT2D eigenvalue weighted by Crippen LogP contribution is 2.28. The molecule has 2 aromatic carbocycles. The third-order valence-electron chi connectivity index (χ3n) is 6.41. The molecule has 1 saturated carbocycles. The maximum Gasteiger partial charge on any atom is 0.279 e. The number of nitrogens with zero attached hydrogens (tertiary/aromatic N) is 3.